The fraction of sp³-hybridized carbons (Fsp3) is 0.625. The van der Waals surface area contributed by atoms with Crippen LogP contribution in [0.5, 0.6) is 11.5 Å². The van der Waals surface area contributed by atoms with Crippen molar-refractivity contribution in [2.75, 3.05) is 26.4 Å². The maximum absolute atomic E-state index is 8.92. The van der Waals surface area contributed by atoms with Gasteiger partial charge in [-0.15, -0.1) is 0 Å². The van der Waals surface area contributed by atoms with E-state index in [0.717, 1.165) is 37.5 Å². The van der Waals surface area contributed by atoms with E-state index >= 15 is 0 Å². The van der Waals surface area contributed by atoms with Crippen LogP contribution in [0.25, 0.3) is 0 Å². The molecule has 0 saturated heterocycles. The van der Waals surface area contributed by atoms with Gasteiger partial charge in [-0.05, 0) is 43.5 Å². The lowest BCUT2D eigenvalue weighted by Crippen LogP contribution is -2.25. The molecular weight excluding hydrogens is 254 g/mol. The molecule has 1 aromatic rings. The molecule has 2 rings (SSSR count). The van der Waals surface area contributed by atoms with Crippen molar-refractivity contribution in [3.05, 3.63) is 23.8 Å². The van der Waals surface area contributed by atoms with Crippen molar-refractivity contribution in [1.82, 2.24) is 5.32 Å². The highest BCUT2D eigenvalue weighted by atomic mass is 16.5. The largest absolute Gasteiger partial charge is 0.490 e. The summed E-state index contributed by atoms with van der Waals surface area (Å²) in [6.07, 6.45) is 1.76. The van der Waals surface area contributed by atoms with E-state index in [1.54, 1.807) is 0 Å². The van der Waals surface area contributed by atoms with Gasteiger partial charge in [0.25, 0.3) is 0 Å². The average Bonchev–Trinajstić information content (AvgIpc) is 2.69. The zero-order chi connectivity index (χ0) is 14.4. The molecule has 0 amide bonds. The molecule has 1 aromatic carbocycles. The van der Waals surface area contributed by atoms with E-state index in [0.29, 0.717) is 12.5 Å². The maximum Gasteiger partial charge on any atom is 0.161 e. The number of hydrogen-bond acceptors (Lipinski definition) is 4. The molecule has 0 spiro atoms. The Hall–Kier alpha value is -1.26. The topological polar surface area (TPSA) is 50.7 Å². The molecule has 2 N–H and O–H groups in total. The second-order valence-corrected chi connectivity index (χ2v) is 5.50. The second-order valence-electron chi connectivity index (χ2n) is 5.50. The number of ether oxygens (including phenoxy) is 2. The summed E-state index contributed by atoms with van der Waals surface area (Å²) >= 11 is 0. The number of aliphatic hydroxyl groups is 1. The summed E-state index contributed by atoms with van der Waals surface area (Å²) in [6, 6.07) is 6.40. The van der Waals surface area contributed by atoms with E-state index in [9.17, 15) is 0 Å². The number of hydrogen-bond donors (Lipinski definition) is 2. The van der Waals surface area contributed by atoms with E-state index in [-0.39, 0.29) is 12.6 Å². The van der Waals surface area contributed by atoms with Gasteiger partial charge in [0.2, 0.25) is 0 Å². The van der Waals surface area contributed by atoms with Crippen LogP contribution in [-0.2, 0) is 0 Å². The molecule has 112 valence electrons. The van der Waals surface area contributed by atoms with E-state index in [2.05, 4.69) is 31.3 Å². The maximum atomic E-state index is 8.92. The summed E-state index contributed by atoms with van der Waals surface area (Å²) in [5.74, 6) is 2.16. The predicted octanol–water partition coefficient (Wildman–Crippen LogP) is 2.52. The van der Waals surface area contributed by atoms with Crippen LogP contribution in [0.15, 0.2) is 18.2 Å². The van der Waals surface area contributed by atoms with Crippen LogP contribution in [0.2, 0.25) is 0 Å². The van der Waals surface area contributed by atoms with Crippen molar-refractivity contribution >= 4 is 0 Å². The van der Waals surface area contributed by atoms with Crippen LogP contribution >= 0.6 is 0 Å². The summed E-state index contributed by atoms with van der Waals surface area (Å²) in [5.41, 5.74) is 1.20. The van der Waals surface area contributed by atoms with Crippen LogP contribution in [0.1, 0.15) is 38.3 Å². The SMILES string of the molecule is CC(CCO)CNC(C)c1ccc2c(c1)OCCCO2. The molecule has 0 radical (unpaired) electrons. The van der Waals surface area contributed by atoms with E-state index in [4.69, 9.17) is 14.6 Å². The Morgan fingerprint density at radius 1 is 1.20 bits per heavy atom. The van der Waals surface area contributed by atoms with Gasteiger partial charge in [-0.25, -0.2) is 0 Å². The van der Waals surface area contributed by atoms with Crippen molar-refractivity contribution in [3.8, 4) is 11.5 Å². The summed E-state index contributed by atoms with van der Waals surface area (Å²) < 4.78 is 11.4. The first-order chi connectivity index (χ1) is 9.70. The van der Waals surface area contributed by atoms with Crippen LogP contribution in [0.4, 0.5) is 0 Å². The standard InChI is InChI=1S/C16H25NO3/c1-12(6-7-18)11-17-13(2)14-4-5-15-16(10-14)20-9-3-8-19-15/h4-5,10,12-13,17-18H,3,6-9,11H2,1-2H3. The number of fused-ring (bicyclic) bond motifs is 1. The molecule has 1 heterocycles. The Morgan fingerprint density at radius 2 is 1.95 bits per heavy atom. The van der Waals surface area contributed by atoms with Crippen molar-refractivity contribution < 1.29 is 14.6 Å². The van der Waals surface area contributed by atoms with Gasteiger partial charge in [0, 0.05) is 19.1 Å². The van der Waals surface area contributed by atoms with Crippen molar-refractivity contribution in [1.29, 1.82) is 0 Å². The van der Waals surface area contributed by atoms with Gasteiger partial charge >= 0.3 is 0 Å². The number of rotatable bonds is 6. The molecule has 1 aliphatic rings. The lowest BCUT2D eigenvalue weighted by atomic mass is 10.1. The van der Waals surface area contributed by atoms with Crippen LogP contribution in [0, 0.1) is 5.92 Å². The second kappa shape index (κ2) is 7.50. The molecule has 2 unspecified atom stereocenters. The third-order valence-corrected chi connectivity index (χ3v) is 3.67. The molecule has 1 aliphatic heterocycles. The molecule has 0 aromatic heterocycles. The molecule has 2 atom stereocenters. The number of benzene rings is 1. The molecule has 0 saturated carbocycles. The van der Waals surface area contributed by atoms with Gasteiger partial charge in [-0.2, -0.15) is 0 Å². The molecule has 0 aliphatic carbocycles. The van der Waals surface area contributed by atoms with Gasteiger partial charge in [0.15, 0.2) is 11.5 Å². The Kier molecular flexibility index (Phi) is 5.68. The molecule has 20 heavy (non-hydrogen) atoms. The van der Waals surface area contributed by atoms with Crippen molar-refractivity contribution in [2.45, 2.75) is 32.7 Å². The zero-order valence-corrected chi connectivity index (χ0v) is 12.4. The minimum Gasteiger partial charge on any atom is -0.490 e. The van der Waals surface area contributed by atoms with Crippen LogP contribution in [-0.4, -0.2) is 31.5 Å². The van der Waals surface area contributed by atoms with Crippen LogP contribution < -0.4 is 14.8 Å². The minimum atomic E-state index is 0.251. The highest BCUT2D eigenvalue weighted by Gasteiger charge is 2.14. The van der Waals surface area contributed by atoms with Crippen molar-refractivity contribution in [2.24, 2.45) is 5.92 Å². The van der Waals surface area contributed by atoms with Gasteiger partial charge in [-0.1, -0.05) is 13.0 Å². The van der Waals surface area contributed by atoms with Gasteiger partial charge < -0.3 is 19.9 Å². The molecule has 0 bridgehead atoms. The summed E-state index contributed by atoms with van der Waals surface area (Å²) in [5, 5.41) is 12.4. The first-order valence-electron chi connectivity index (χ1n) is 7.44. The van der Waals surface area contributed by atoms with Crippen LogP contribution in [0.3, 0.4) is 0 Å². The zero-order valence-electron chi connectivity index (χ0n) is 12.4. The predicted molar refractivity (Wildman–Crippen MR) is 79.3 cm³/mol. The smallest absolute Gasteiger partial charge is 0.161 e. The summed E-state index contributed by atoms with van der Waals surface area (Å²) in [6.45, 7) is 6.87. The minimum absolute atomic E-state index is 0.251. The first kappa shape index (κ1) is 15.1. The molecule has 4 nitrogen and oxygen atoms in total. The van der Waals surface area contributed by atoms with E-state index in [1.165, 1.54) is 5.56 Å². The monoisotopic (exact) mass is 279 g/mol. The Bertz CT molecular complexity index is 422. The molecule has 4 heteroatoms. The fourth-order valence-electron chi connectivity index (χ4n) is 2.27. The number of nitrogens with one attached hydrogen (secondary N) is 1. The first-order valence-corrected chi connectivity index (χ1v) is 7.44. The van der Waals surface area contributed by atoms with Gasteiger partial charge in [0.05, 0.1) is 13.2 Å². The Morgan fingerprint density at radius 3 is 2.70 bits per heavy atom. The lowest BCUT2D eigenvalue weighted by molar-refractivity contribution is 0.258. The van der Waals surface area contributed by atoms with Gasteiger partial charge in [-0.3, -0.25) is 0 Å². The van der Waals surface area contributed by atoms with E-state index < -0.39 is 0 Å². The normalized spacial score (nSPS) is 17.4. The average molecular weight is 279 g/mol. The highest BCUT2D eigenvalue weighted by Crippen LogP contribution is 2.32. The fourth-order valence-corrected chi connectivity index (χ4v) is 2.27. The lowest BCUT2D eigenvalue weighted by Gasteiger charge is -2.19. The number of aliphatic hydroxyl groups excluding tert-OH is 1. The molecular formula is C16H25NO3. The highest BCUT2D eigenvalue weighted by molar-refractivity contribution is 5.44. The van der Waals surface area contributed by atoms with Crippen molar-refractivity contribution in [3.63, 3.8) is 0 Å². The Balaban J connectivity index is 1.96. The third kappa shape index (κ3) is 4.12. The van der Waals surface area contributed by atoms with Gasteiger partial charge in [0.1, 0.15) is 0 Å². The quantitative estimate of drug-likeness (QED) is 0.840. The van der Waals surface area contributed by atoms with E-state index in [1.807, 2.05) is 6.07 Å². The third-order valence-electron chi connectivity index (χ3n) is 3.67. The summed E-state index contributed by atoms with van der Waals surface area (Å²) in [4.78, 5) is 0. The Labute approximate surface area is 121 Å². The molecule has 0 fully saturated rings. The summed E-state index contributed by atoms with van der Waals surface area (Å²) in [7, 11) is 0.